The number of nitrogens with one attached hydrogen (secondary N) is 1. The smallest absolute Gasteiger partial charge is 0.253 e. The Balaban J connectivity index is 1.30. The van der Waals surface area contributed by atoms with E-state index in [1.807, 2.05) is 0 Å². The van der Waals surface area contributed by atoms with Crippen LogP contribution < -0.4 is 5.32 Å². The van der Waals surface area contributed by atoms with E-state index in [0.29, 0.717) is 47.6 Å². The molecule has 26 heavy (non-hydrogen) atoms. The molecule has 0 spiro atoms. The summed E-state index contributed by atoms with van der Waals surface area (Å²) < 4.78 is 0. The van der Waals surface area contributed by atoms with Crippen LogP contribution in [0, 0.1) is 5.92 Å². The third kappa shape index (κ3) is 3.88. The highest BCUT2D eigenvalue weighted by molar-refractivity contribution is 7.15. The van der Waals surface area contributed by atoms with Crippen LogP contribution in [0.2, 0.25) is 5.02 Å². The van der Waals surface area contributed by atoms with Gasteiger partial charge in [-0.1, -0.05) is 22.9 Å². The molecule has 1 aromatic heterocycles. The van der Waals surface area contributed by atoms with Crippen LogP contribution in [0.25, 0.3) is 0 Å². The number of carbonyl (C=O) groups excluding carboxylic acids is 2. The van der Waals surface area contributed by atoms with Crippen LogP contribution in [0.5, 0.6) is 0 Å². The molecule has 4 rings (SSSR count). The molecule has 0 unspecified atom stereocenters. The number of anilines is 1. The summed E-state index contributed by atoms with van der Waals surface area (Å²) in [5, 5.41) is 13.3. The number of nitrogens with zero attached hydrogens (tertiary/aromatic N) is 3. The van der Waals surface area contributed by atoms with E-state index in [0.717, 1.165) is 5.01 Å². The average Bonchev–Trinajstić information content (AvgIpc) is 3.41. The van der Waals surface area contributed by atoms with Crippen molar-refractivity contribution in [2.75, 3.05) is 18.4 Å². The van der Waals surface area contributed by atoms with Gasteiger partial charge in [0, 0.05) is 35.5 Å². The Morgan fingerprint density at radius 2 is 1.77 bits per heavy atom. The van der Waals surface area contributed by atoms with Gasteiger partial charge in [-0.2, -0.15) is 0 Å². The maximum Gasteiger partial charge on any atom is 0.253 e. The van der Waals surface area contributed by atoms with Gasteiger partial charge in [-0.3, -0.25) is 9.59 Å². The minimum absolute atomic E-state index is 0.0151. The molecule has 0 bridgehead atoms. The lowest BCUT2D eigenvalue weighted by Gasteiger charge is -2.31. The van der Waals surface area contributed by atoms with Gasteiger partial charge in [0.05, 0.1) is 0 Å². The van der Waals surface area contributed by atoms with E-state index in [2.05, 4.69) is 15.5 Å². The van der Waals surface area contributed by atoms with E-state index in [1.165, 1.54) is 24.2 Å². The quantitative estimate of drug-likeness (QED) is 0.866. The fraction of sp³-hybridized carbons (Fsp3) is 0.444. The number of benzene rings is 1. The fourth-order valence-electron chi connectivity index (χ4n) is 3.11. The lowest BCUT2D eigenvalue weighted by Crippen LogP contribution is -2.41. The van der Waals surface area contributed by atoms with Gasteiger partial charge in [-0.15, -0.1) is 10.2 Å². The van der Waals surface area contributed by atoms with Crippen molar-refractivity contribution in [3.05, 3.63) is 39.9 Å². The number of likely N-dealkylation sites (tertiary alicyclic amines) is 1. The van der Waals surface area contributed by atoms with Crippen molar-refractivity contribution >= 4 is 39.9 Å². The molecule has 136 valence electrons. The van der Waals surface area contributed by atoms with E-state index >= 15 is 0 Å². The summed E-state index contributed by atoms with van der Waals surface area (Å²) in [5.74, 6) is 0.402. The van der Waals surface area contributed by atoms with Crippen molar-refractivity contribution in [1.29, 1.82) is 0 Å². The number of halogens is 1. The third-order valence-electron chi connectivity index (χ3n) is 4.84. The van der Waals surface area contributed by atoms with Crippen LogP contribution in [0.1, 0.15) is 47.0 Å². The number of piperidine rings is 1. The Morgan fingerprint density at radius 3 is 2.42 bits per heavy atom. The fourth-order valence-corrected chi connectivity index (χ4v) is 4.15. The van der Waals surface area contributed by atoms with Crippen LogP contribution in [0.15, 0.2) is 24.3 Å². The average molecular weight is 391 g/mol. The molecule has 2 aromatic rings. The van der Waals surface area contributed by atoms with Crippen molar-refractivity contribution in [1.82, 2.24) is 15.1 Å². The van der Waals surface area contributed by atoms with Gasteiger partial charge in [0.2, 0.25) is 11.0 Å². The highest BCUT2D eigenvalue weighted by atomic mass is 35.5. The maximum absolute atomic E-state index is 12.5. The number of rotatable bonds is 4. The molecule has 1 saturated heterocycles. The number of carbonyl (C=O) groups is 2. The Bertz CT molecular complexity index is 811. The summed E-state index contributed by atoms with van der Waals surface area (Å²) in [4.78, 5) is 26.8. The van der Waals surface area contributed by atoms with Crippen molar-refractivity contribution in [2.45, 2.75) is 31.6 Å². The van der Waals surface area contributed by atoms with Crippen LogP contribution in [-0.4, -0.2) is 40.0 Å². The monoisotopic (exact) mass is 390 g/mol. The molecule has 1 aromatic carbocycles. The van der Waals surface area contributed by atoms with Gasteiger partial charge in [0.1, 0.15) is 5.01 Å². The zero-order valence-electron chi connectivity index (χ0n) is 14.2. The van der Waals surface area contributed by atoms with Crippen LogP contribution in [0.3, 0.4) is 0 Å². The highest BCUT2D eigenvalue weighted by Gasteiger charge is 2.30. The highest BCUT2D eigenvalue weighted by Crippen LogP contribution is 2.42. The number of hydrogen-bond acceptors (Lipinski definition) is 5. The van der Waals surface area contributed by atoms with Crippen LogP contribution in [0.4, 0.5) is 5.13 Å². The summed E-state index contributed by atoms with van der Waals surface area (Å²) in [6, 6.07) is 6.90. The van der Waals surface area contributed by atoms with Gasteiger partial charge in [0.25, 0.3) is 5.91 Å². The molecule has 2 aliphatic rings. The minimum atomic E-state index is -0.0995. The van der Waals surface area contributed by atoms with Gasteiger partial charge in [-0.25, -0.2) is 0 Å². The topological polar surface area (TPSA) is 75.2 Å². The first-order chi connectivity index (χ1) is 12.6. The first-order valence-electron chi connectivity index (χ1n) is 8.79. The standard InChI is InChI=1S/C18H19ClN4O2S/c19-14-5-3-13(4-6-14)17(25)23-9-7-11(8-10-23)15(24)20-18-22-21-16(26-18)12-1-2-12/h3-6,11-12H,1-2,7-10H2,(H,20,22,24). The Hall–Kier alpha value is -1.99. The molecule has 0 radical (unpaired) electrons. The molecule has 1 aliphatic heterocycles. The molecule has 6 nitrogen and oxygen atoms in total. The van der Waals surface area contributed by atoms with Crippen molar-refractivity contribution in [3.8, 4) is 0 Å². The normalized spacial score (nSPS) is 18.0. The Kier molecular flexibility index (Phi) is 4.91. The molecule has 2 amide bonds. The number of aromatic nitrogens is 2. The van der Waals surface area contributed by atoms with E-state index in [1.54, 1.807) is 29.2 Å². The van der Waals surface area contributed by atoms with Gasteiger partial charge in [0.15, 0.2) is 0 Å². The molecule has 1 saturated carbocycles. The maximum atomic E-state index is 12.5. The summed E-state index contributed by atoms with van der Waals surface area (Å²) in [7, 11) is 0. The van der Waals surface area contributed by atoms with Crippen molar-refractivity contribution in [2.24, 2.45) is 5.92 Å². The largest absolute Gasteiger partial charge is 0.339 e. The van der Waals surface area contributed by atoms with Gasteiger partial charge < -0.3 is 10.2 Å². The van der Waals surface area contributed by atoms with Crippen LogP contribution in [-0.2, 0) is 4.79 Å². The summed E-state index contributed by atoms with van der Waals surface area (Å²) in [6.07, 6.45) is 3.64. The van der Waals surface area contributed by atoms with E-state index < -0.39 is 0 Å². The third-order valence-corrected chi connectivity index (χ3v) is 6.09. The molecule has 8 heteroatoms. The van der Waals surface area contributed by atoms with E-state index in [-0.39, 0.29) is 17.7 Å². The molecule has 2 heterocycles. The SMILES string of the molecule is O=C(Nc1nnc(C2CC2)s1)C1CCN(C(=O)c2ccc(Cl)cc2)CC1. The zero-order chi connectivity index (χ0) is 18.1. The molecular formula is C18H19ClN4O2S. The zero-order valence-corrected chi connectivity index (χ0v) is 15.7. The predicted molar refractivity (Wildman–Crippen MR) is 101 cm³/mol. The van der Waals surface area contributed by atoms with E-state index in [4.69, 9.17) is 11.6 Å². The van der Waals surface area contributed by atoms with E-state index in [9.17, 15) is 9.59 Å². The lowest BCUT2D eigenvalue weighted by molar-refractivity contribution is -0.121. The van der Waals surface area contributed by atoms with Crippen LogP contribution >= 0.6 is 22.9 Å². The first kappa shape index (κ1) is 17.4. The Labute approximate surface area is 160 Å². The second kappa shape index (κ2) is 7.32. The summed E-state index contributed by atoms with van der Waals surface area (Å²) in [5.41, 5.74) is 0.624. The van der Waals surface area contributed by atoms with Crippen molar-refractivity contribution < 1.29 is 9.59 Å². The molecule has 1 N–H and O–H groups in total. The second-order valence-corrected chi connectivity index (χ2v) is 8.23. The van der Waals surface area contributed by atoms with Crippen molar-refractivity contribution in [3.63, 3.8) is 0 Å². The minimum Gasteiger partial charge on any atom is -0.339 e. The Morgan fingerprint density at radius 1 is 1.08 bits per heavy atom. The number of hydrogen-bond donors (Lipinski definition) is 1. The van der Waals surface area contributed by atoms with Gasteiger partial charge >= 0.3 is 0 Å². The molecular weight excluding hydrogens is 372 g/mol. The summed E-state index contributed by atoms with van der Waals surface area (Å²) >= 11 is 7.34. The summed E-state index contributed by atoms with van der Waals surface area (Å²) in [6.45, 7) is 1.14. The lowest BCUT2D eigenvalue weighted by atomic mass is 9.95. The molecule has 1 aliphatic carbocycles. The number of amides is 2. The first-order valence-corrected chi connectivity index (χ1v) is 9.98. The predicted octanol–water partition coefficient (Wildman–Crippen LogP) is 3.56. The molecule has 2 fully saturated rings. The second-order valence-electron chi connectivity index (χ2n) is 6.78. The van der Waals surface area contributed by atoms with Gasteiger partial charge in [-0.05, 0) is 49.9 Å². The molecule has 0 atom stereocenters.